The predicted octanol–water partition coefficient (Wildman–Crippen LogP) is 1.04. The quantitative estimate of drug-likeness (QED) is 0.807. The number of benzene rings is 1. The number of nitrogen functional groups attached to an aromatic ring is 1. The molecule has 7 heteroatoms. The van der Waals surface area contributed by atoms with Gasteiger partial charge in [-0.15, -0.1) is 0 Å². The summed E-state index contributed by atoms with van der Waals surface area (Å²) in [6, 6.07) is 6.38. The van der Waals surface area contributed by atoms with Crippen LogP contribution in [0, 0.1) is 6.92 Å². The van der Waals surface area contributed by atoms with E-state index in [-0.39, 0.29) is 17.1 Å². The first-order chi connectivity index (χ1) is 8.49. The van der Waals surface area contributed by atoms with Crippen LogP contribution >= 0.6 is 0 Å². The number of anilines is 1. The maximum atomic E-state index is 12.0. The van der Waals surface area contributed by atoms with E-state index in [2.05, 4.69) is 14.4 Å². The first-order valence-electron chi connectivity index (χ1n) is 5.24. The summed E-state index contributed by atoms with van der Waals surface area (Å²) in [6.07, 6.45) is 1.38. The van der Waals surface area contributed by atoms with Crippen LogP contribution in [0.5, 0.6) is 0 Å². The minimum atomic E-state index is -3.64. The van der Waals surface area contributed by atoms with Gasteiger partial charge in [-0.25, -0.2) is 13.1 Å². The molecule has 0 amide bonds. The largest absolute Gasteiger partial charge is 0.398 e. The summed E-state index contributed by atoms with van der Waals surface area (Å²) in [5, 5.41) is 3.62. The number of hydrogen-bond acceptors (Lipinski definition) is 5. The standard InChI is InChI=1S/C11H13N3O3S/c1-8-2-3-11(10(12)6-8)18(15,16)13-7-9-4-5-17-14-9/h2-6,13H,7,12H2,1H3. The minimum Gasteiger partial charge on any atom is -0.398 e. The second kappa shape index (κ2) is 4.79. The molecule has 1 heterocycles. The molecule has 0 atom stereocenters. The monoisotopic (exact) mass is 267 g/mol. The van der Waals surface area contributed by atoms with Crippen molar-refractivity contribution in [1.82, 2.24) is 9.88 Å². The van der Waals surface area contributed by atoms with Gasteiger partial charge in [0, 0.05) is 6.07 Å². The van der Waals surface area contributed by atoms with E-state index in [1.807, 2.05) is 6.92 Å². The molecule has 0 saturated heterocycles. The van der Waals surface area contributed by atoms with Crippen molar-refractivity contribution in [3.63, 3.8) is 0 Å². The summed E-state index contributed by atoms with van der Waals surface area (Å²) in [5.41, 5.74) is 7.34. The zero-order valence-electron chi connectivity index (χ0n) is 9.75. The van der Waals surface area contributed by atoms with Gasteiger partial charge in [-0.1, -0.05) is 11.2 Å². The van der Waals surface area contributed by atoms with Gasteiger partial charge >= 0.3 is 0 Å². The van der Waals surface area contributed by atoms with E-state index < -0.39 is 10.0 Å². The van der Waals surface area contributed by atoms with E-state index in [9.17, 15) is 8.42 Å². The van der Waals surface area contributed by atoms with Gasteiger partial charge in [0.25, 0.3) is 0 Å². The molecule has 18 heavy (non-hydrogen) atoms. The highest BCUT2D eigenvalue weighted by Crippen LogP contribution is 2.19. The number of hydrogen-bond donors (Lipinski definition) is 2. The number of rotatable bonds is 4. The van der Waals surface area contributed by atoms with Crippen LogP contribution in [0.3, 0.4) is 0 Å². The Labute approximate surface area is 105 Å². The molecule has 0 saturated carbocycles. The van der Waals surface area contributed by atoms with Gasteiger partial charge in [0.1, 0.15) is 11.2 Å². The zero-order valence-corrected chi connectivity index (χ0v) is 10.6. The first kappa shape index (κ1) is 12.6. The van der Waals surface area contributed by atoms with E-state index in [0.717, 1.165) is 5.56 Å². The van der Waals surface area contributed by atoms with Crippen LogP contribution in [-0.4, -0.2) is 13.6 Å². The maximum Gasteiger partial charge on any atom is 0.242 e. The van der Waals surface area contributed by atoms with E-state index in [4.69, 9.17) is 5.73 Å². The third kappa shape index (κ3) is 2.69. The smallest absolute Gasteiger partial charge is 0.242 e. The Hall–Kier alpha value is -1.86. The van der Waals surface area contributed by atoms with Gasteiger partial charge in [-0.05, 0) is 24.6 Å². The lowest BCUT2D eigenvalue weighted by Gasteiger charge is -2.08. The molecule has 96 valence electrons. The molecule has 0 fully saturated rings. The fraction of sp³-hybridized carbons (Fsp3) is 0.182. The summed E-state index contributed by atoms with van der Waals surface area (Å²) in [5.74, 6) is 0. The third-order valence-corrected chi connectivity index (χ3v) is 3.86. The van der Waals surface area contributed by atoms with Gasteiger partial charge in [0.15, 0.2) is 0 Å². The van der Waals surface area contributed by atoms with Crippen LogP contribution in [0.15, 0.2) is 39.9 Å². The number of sulfonamides is 1. The van der Waals surface area contributed by atoms with Crippen LogP contribution in [0.1, 0.15) is 11.3 Å². The molecule has 0 spiro atoms. The van der Waals surface area contributed by atoms with E-state index in [1.54, 1.807) is 18.2 Å². The Kier molecular flexibility index (Phi) is 3.35. The fourth-order valence-electron chi connectivity index (χ4n) is 1.49. The molecule has 0 unspecified atom stereocenters. The van der Waals surface area contributed by atoms with Crippen molar-refractivity contribution in [2.24, 2.45) is 0 Å². The molecule has 0 aliphatic rings. The van der Waals surface area contributed by atoms with Gasteiger partial charge in [-0.2, -0.15) is 0 Å². The molecule has 2 aromatic rings. The second-order valence-electron chi connectivity index (χ2n) is 3.86. The van der Waals surface area contributed by atoms with Crippen LogP contribution < -0.4 is 10.5 Å². The average molecular weight is 267 g/mol. The zero-order chi connectivity index (χ0) is 13.2. The van der Waals surface area contributed by atoms with Crippen LogP contribution in [0.4, 0.5) is 5.69 Å². The highest BCUT2D eigenvalue weighted by Gasteiger charge is 2.17. The van der Waals surface area contributed by atoms with E-state index in [1.165, 1.54) is 12.3 Å². The second-order valence-corrected chi connectivity index (χ2v) is 5.59. The molecule has 0 aliphatic carbocycles. The number of nitrogens with zero attached hydrogens (tertiary/aromatic N) is 1. The lowest BCUT2D eigenvalue weighted by atomic mass is 10.2. The molecular weight excluding hydrogens is 254 g/mol. The summed E-state index contributed by atoms with van der Waals surface area (Å²) >= 11 is 0. The van der Waals surface area contributed by atoms with Crippen LogP contribution in [0.25, 0.3) is 0 Å². The van der Waals surface area contributed by atoms with E-state index >= 15 is 0 Å². The predicted molar refractivity (Wildman–Crippen MR) is 66.1 cm³/mol. The van der Waals surface area contributed by atoms with Crippen LogP contribution in [0.2, 0.25) is 0 Å². The molecule has 6 nitrogen and oxygen atoms in total. The first-order valence-corrected chi connectivity index (χ1v) is 6.72. The number of nitrogens with one attached hydrogen (secondary N) is 1. The molecule has 3 N–H and O–H groups in total. The molecule has 0 radical (unpaired) electrons. The number of aromatic nitrogens is 1. The number of aryl methyl sites for hydroxylation is 1. The van der Waals surface area contributed by atoms with Crippen molar-refractivity contribution < 1.29 is 12.9 Å². The van der Waals surface area contributed by atoms with Crippen molar-refractivity contribution in [2.45, 2.75) is 18.4 Å². The number of nitrogens with two attached hydrogens (primary N) is 1. The van der Waals surface area contributed by atoms with Crippen molar-refractivity contribution in [3.05, 3.63) is 41.8 Å². The van der Waals surface area contributed by atoms with Gasteiger partial charge in [0.2, 0.25) is 10.0 Å². The maximum absolute atomic E-state index is 12.0. The topological polar surface area (TPSA) is 98.2 Å². The Bertz CT molecular complexity index is 636. The summed E-state index contributed by atoms with van der Waals surface area (Å²) in [7, 11) is -3.64. The lowest BCUT2D eigenvalue weighted by molar-refractivity contribution is 0.411. The Balaban J connectivity index is 2.20. The van der Waals surface area contributed by atoms with Gasteiger partial charge in [0.05, 0.1) is 17.9 Å². The normalized spacial score (nSPS) is 11.6. The molecule has 1 aromatic carbocycles. The summed E-state index contributed by atoms with van der Waals surface area (Å²) in [6.45, 7) is 1.90. The van der Waals surface area contributed by atoms with Crippen molar-refractivity contribution >= 4 is 15.7 Å². The Morgan fingerprint density at radius 3 is 2.78 bits per heavy atom. The van der Waals surface area contributed by atoms with Crippen molar-refractivity contribution in [3.8, 4) is 0 Å². The van der Waals surface area contributed by atoms with Crippen molar-refractivity contribution in [2.75, 3.05) is 5.73 Å². The molecule has 0 aliphatic heterocycles. The fourth-order valence-corrected chi connectivity index (χ4v) is 2.60. The molecular formula is C11H13N3O3S. The molecule has 0 bridgehead atoms. The highest BCUT2D eigenvalue weighted by atomic mass is 32.2. The van der Waals surface area contributed by atoms with Gasteiger partial charge in [-0.3, -0.25) is 0 Å². The van der Waals surface area contributed by atoms with E-state index in [0.29, 0.717) is 5.69 Å². The third-order valence-electron chi connectivity index (χ3n) is 2.39. The summed E-state index contributed by atoms with van der Waals surface area (Å²) in [4.78, 5) is 0.0663. The highest BCUT2D eigenvalue weighted by molar-refractivity contribution is 7.89. The minimum absolute atomic E-state index is 0.0617. The Morgan fingerprint density at radius 2 is 2.17 bits per heavy atom. The van der Waals surface area contributed by atoms with Crippen LogP contribution in [-0.2, 0) is 16.6 Å². The lowest BCUT2D eigenvalue weighted by Crippen LogP contribution is -2.24. The SMILES string of the molecule is Cc1ccc(S(=O)(=O)NCc2ccon2)c(N)c1. The van der Waals surface area contributed by atoms with Crippen molar-refractivity contribution in [1.29, 1.82) is 0 Å². The van der Waals surface area contributed by atoms with Gasteiger partial charge < -0.3 is 10.3 Å². The average Bonchev–Trinajstić information content (AvgIpc) is 2.78. The molecule has 2 rings (SSSR count). The molecule has 1 aromatic heterocycles. The summed E-state index contributed by atoms with van der Waals surface area (Å²) < 4.78 is 31.0. The Morgan fingerprint density at radius 1 is 1.39 bits per heavy atom.